The third-order valence-corrected chi connectivity index (χ3v) is 5.96. The van der Waals surface area contributed by atoms with Crippen molar-refractivity contribution in [1.29, 1.82) is 0 Å². The molecule has 0 radical (unpaired) electrons. The minimum atomic E-state index is 0.101. The van der Waals surface area contributed by atoms with Gasteiger partial charge in [0.25, 0.3) is 5.91 Å². The van der Waals surface area contributed by atoms with Gasteiger partial charge in [0.1, 0.15) is 0 Å². The standard InChI is InChI=1S/C15H22INOS/c1-9(2)12-5-4-10(3)6-13(12)17-15(18)11-7-14(16)19-8-11/h7-10,12-13H,4-6H2,1-3H3,(H,17,18). The van der Waals surface area contributed by atoms with Gasteiger partial charge >= 0.3 is 0 Å². The van der Waals surface area contributed by atoms with E-state index in [1.165, 1.54) is 15.7 Å². The summed E-state index contributed by atoms with van der Waals surface area (Å²) in [5.74, 6) is 2.09. The van der Waals surface area contributed by atoms with Crippen molar-refractivity contribution in [2.24, 2.45) is 17.8 Å². The smallest absolute Gasteiger partial charge is 0.252 e. The lowest BCUT2D eigenvalue weighted by Crippen LogP contribution is -2.45. The van der Waals surface area contributed by atoms with Crippen LogP contribution in [0.25, 0.3) is 0 Å². The fourth-order valence-corrected chi connectivity index (χ4v) is 4.38. The first-order valence-electron chi connectivity index (χ1n) is 7.02. The van der Waals surface area contributed by atoms with Gasteiger partial charge < -0.3 is 5.32 Å². The highest BCUT2D eigenvalue weighted by Gasteiger charge is 2.31. The molecule has 106 valence electrons. The first kappa shape index (κ1) is 15.3. The summed E-state index contributed by atoms with van der Waals surface area (Å²) in [4.78, 5) is 12.3. The van der Waals surface area contributed by atoms with Crippen LogP contribution in [0.4, 0.5) is 0 Å². The van der Waals surface area contributed by atoms with Gasteiger partial charge in [0, 0.05) is 11.4 Å². The second-order valence-electron chi connectivity index (χ2n) is 6.05. The summed E-state index contributed by atoms with van der Waals surface area (Å²) in [5, 5.41) is 5.23. The monoisotopic (exact) mass is 391 g/mol. The van der Waals surface area contributed by atoms with Crippen molar-refractivity contribution in [3.63, 3.8) is 0 Å². The fraction of sp³-hybridized carbons (Fsp3) is 0.667. The zero-order valence-corrected chi connectivity index (χ0v) is 14.8. The van der Waals surface area contributed by atoms with Gasteiger partial charge in [-0.2, -0.15) is 0 Å². The maximum atomic E-state index is 12.3. The molecule has 1 aromatic rings. The lowest BCUT2D eigenvalue weighted by Gasteiger charge is -2.37. The Morgan fingerprint density at radius 2 is 2.21 bits per heavy atom. The van der Waals surface area contributed by atoms with E-state index in [0.29, 0.717) is 17.9 Å². The van der Waals surface area contributed by atoms with Crippen LogP contribution < -0.4 is 5.32 Å². The molecule has 1 fully saturated rings. The van der Waals surface area contributed by atoms with Crippen molar-refractivity contribution >= 4 is 39.8 Å². The molecule has 3 unspecified atom stereocenters. The van der Waals surface area contributed by atoms with Gasteiger partial charge in [0.2, 0.25) is 0 Å². The SMILES string of the molecule is CC1CCC(C(C)C)C(NC(=O)c2csc(I)c2)C1. The summed E-state index contributed by atoms with van der Waals surface area (Å²) in [7, 11) is 0. The summed E-state index contributed by atoms with van der Waals surface area (Å²) >= 11 is 3.89. The third kappa shape index (κ3) is 3.94. The van der Waals surface area contributed by atoms with Crippen LogP contribution >= 0.6 is 33.9 Å². The molecule has 4 heteroatoms. The number of thiophene rings is 1. The average Bonchev–Trinajstić information content (AvgIpc) is 2.75. The number of halogens is 1. The molecule has 19 heavy (non-hydrogen) atoms. The number of amides is 1. The summed E-state index contributed by atoms with van der Waals surface area (Å²) in [6.07, 6.45) is 3.66. The molecule has 0 bridgehead atoms. The lowest BCUT2D eigenvalue weighted by molar-refractivity contribution is 0.0868. The van der Waals surface area contributed by atoms with Crippen LogP contribution in [0.2, 0.25) is 0 Å². The predicted molar refractivity (Wildman–Crippen MR) is 89.6 cm³/mol. The molecule has 1 heterocycles. The number of carbonyl (C=O) groups is 1. The summed E-state index contributed by atoms with van der Waals surface area (Å²) in [5.41, 5.74) is 0.815. The van der Waals surface area contributed by atoms with Gasteiger partial charge in [0.15, 0.2) is 0 Å². The first-order valence-corrected chi connectivity index (χ1v) is 8.98. The maximum Gasteiger partial charge on any atom is 0.252 e. The Morgan fingerprint density at radius 3 is 2.79 bits per heavy atom. The van der Waals surface area contributed by atoms with Gasteiger partial charge in [-0.3, -0.25) is 4.79 Å². The Bertz CT molecular complexity index is 443. The van der Waals surface area contributed by atoms with E-state index < -0.39 is 0 Å². The second-order valence-corrected chi connectivity index (χ2v) is 8.85. The molecule has 1 aliphatic carbocycles. The molecule has 2 nitrogen and oxygen atoms in total. The summed E-state index contributed by atoms with van der Waals surface area (Å²) in [6, 6.07) is 2.31. The number of hydrogen-bond donors (Lipinski definition) is 1. The fourth-order valence-electron chi connectivity index (χ4n) is 3.05. The average molecular weight is 391 g/mol. The van der Waals surface area contributed by atoms with Gasteiger partial charge in [-0.15, -0.1) is 11.3 Å². The van der Waals surface area contributed by atoms with Crippen LogP contribution in [0.3, 0.4) is 0 Å². The van der Waals surface area contributed by atoms with E-state index in [1.807, 2.05) is 11.4 Å². The van der Waals surface area contributed by atoms with Gasteiger partial charge in [-0.25, -0.2) is 0 Å². The zero-order chi connectivity index (χ0) is 14.0. The Labute approximate surface area is 133 Å². The second kappa shape index (κ2) is 6.57. The van der Waals surface area contributed by atoms with Crippen molar-refractivity contribution in [2.75, 3.05) is 0 Å². The molecule has 0 spiro atoms. The van der Waals surface area contributed by atoms with E-state index >= 15 is 0 Å². The predicted octanol–water partition coefficient (Wildman–Crippen LogP) is 4.54. The minimum Gasteiger partial charge on any atom is -0.349 e. The number of rotatable bonds is 3. The molecule has 1 N–H and O–H groups in total. The Kier molecular flexibility index (Phi) is 5.29. The van der Waals surface area contributed by atoms with Crippen molar-refractivity contribution < 1.29 is 4.79 Å². The van der Waals surface area contributed by atoms with Crippen LogP contribution in [0.15, 0.2) is 11.4 Å². The first-order chi connectivity index (χ1) is 8.97. The van der Waals surface area contributed by atoms with Crippen molar-refractivity contribution in [3.05, 3.63) is 19.9 Å². The van der Waals surface area contributed by atoms with Crippen molar-refractivity contribution in [2.45, 2.75) is 46.1 Å². The normalized spacial score (nSPS) is 27.5. The minimum absolute atomic E-state index is 0.101. The Morgan fingerprint density at radius 1 is 1.47 bits per heavy atom. The van der Waals surface area contributed by atoms with E-state index in [4.69, 9.17) is 0 Å². The summed E-state index contributed by atoms with van der Waals surface area (Å²) in [6.45, 7) is 6.84. The molecule has 0 saturated heterocycles. The molecule has 1 aromatic heterocycles. The molecule has 3 atom stereocenters. The van der Waals surface area contributed by atoms with Gasteiger partial charge in [-0.1, -0.05) is 27.2 Å². The Balaban J connectivity index is 2.04. The van der Waals surface area contributed by atoms with Crippen LogP contribution in [-0.4, -0.2) is 11.9 Å². The third-order valence-electron chi connectivity index (χ3n) is 4.17. The number of nitrogens with one attached hydrogen (secondary N) is 1. The highest BCUT2D eigenvalue weighted by atomic mass is 127. The van der Waals surface area contributed by atoms with Crippen LogP contribution in [0.1, 0.15) is 50.4 Å². The number of hydrogen-bond acceptors (Lipinski definition) is 2. The van der Waals surface area contributed by atoms with E-state index in [9.17, 15) is 4.79 Å². The van der Waals surface area contributed by atoms with Crippen molar-refractivity contribution in [1.82, 2.24) is 5.32 Å². The molecule has 2 rings (SSSR count). The van der Waals surface area contributed by atoms with Crippen LogP contribution in [0.5, 0.6) is 0 Å². The van der Waals surface area contributed by atoms with E-state index in [1.54, 1.807) is 11.3 Å². The topological polar surface area (TPSA) is 29.1 Å². The summed E-state index contributed by atoms with van der Waals surface area (Å²) < 4.78 is 1.17. The maximum absolute atomic E-state index is 12.3. The lowest BCUT2D eigenvalue weighted by atomic mass is 9.74. The van der Waals surface area contributed by atoms with E-state index in [0.717, 1.165) is 17.9 Å². The molecule has 1 saturated carbocycles. The molecule has 1 amide bonds. The van der Waals surface area contributed by atoms with Crippen LogP contribution in [0, 0.1) is 20.6 Å². The highest BCUT2D eigenvalue weighted by Crippen LogP contribution is 2.33. The van der Waals surface area contributed by atoms with E-state index in [2.05, 4.69) is 48.7 Å². The quantitative estimate of drug-likeness (QED) is 0.753. The van der Waals surface area contributed by atoms with Crippen molar-refractivity contribution in [3.8, 4) is 0 Å². The Hall–Kier alpha value is -0.100. The molecule has 0 aromatic carbocycles. The zero-order valence-electron chi connectivity index (χ0n) is 11.8. The van der Waals surface area contributed by atoms with Gasteiger partial charge in [0.05, 0.1) is 8.45 Å². The molecular weight excluding hydrogens is 369 g/mol. The molecular formula is C15H22INOS. The molecule has 1 aliphatic rings. The van der Waals surface area contributed by atoms with E-state index in [-0.39, 0.29) is 5.91 Å². The molecule has 0 aliphatic heterocycles. The largest absolute Gasteiger partial charge is 0.349 e. The highest BCUT2D eigenvalue weighted by molar-refractivity contribution is 14.1. The van der Waals surface area contributed by atoms with Gasteiger partial charge in [-0.05, 0) is 59.3 Å². The number of carbonyl (C=O) groups excluding carboxylic acids is 1. The van der Waals surface area contributed by atoms with Crippen LogP contribution in [-0.2, 0) is 0 Å².